The summed E-state index contributed by atoms with van der Waals surface area (Å²) < 4.78 is 33.8. The Balaban J connectivity index is 1.52. The number of methoxy groups -OCH3 is 1. The van der Waals surface area contributed by atoms with Crippen molar-refractivity contribution in [3.63, 3.8) is 0 Å². The number of hydrogen-bond donors (Lipinski definition) is 3. The fraction of sp³-hybridized carbons (Fsp3) is 0.0833. The molecule has 8 nitrogen and oxygen atoms in total. The fourth-order valence-corrected chi connectivity index (χ4v) is 3.85. The minimum Gasteiger partial charge on any atom is -0.453 e. The van der Waals surface area contributed by atoms with E-state index in [1.807, 2.05) is 0 Å². The van der Waals surface area contributed by atoms with Crippen LogP contribution in [0.5, 0.6) is 0 Å². The quantitative estimate of drug-likeness (QED) is 0.364. The van der Waals surface area contributed by atoms with Crippen molar-refractivity contribution in [3.8, 4) is 11.1 Å². The van der Waals surface area contributed by atoms with Crippen LogP contribution in [0.3, 0.4) is 0 Å². The number of anilines is 1. The molecule has 1 amide bonds. The highest BCUT2D eigenvalue weighted by Crippen LogP contribution is 2.29. The molecule has 5 rings (SSSR count). The summed E-state index contributed by atoms with van der Waals surface area (Å²) in [6, 6.07) is 13.9. The summed E-state index contributed by atoms with van der Waals surface area (Å²) in [6.07, 6.45) is -0.487. The third-order valence-electron chi connectivity index (χ3n) is 5.44. The van der Waals surface area contributed by atoms with E-state index in [-0.39, 0.29) is 23.1 Å². The topological polar surface area (TPSA) is 113 Å². The highest BCUT2D eigenvalue weighted by molar-refractivity contribution is 5.88. The van der Waals surface area contributed by atoms with Crippen molar-refractivity contribution in [2.75, 3.05) is 12.4 Å². The molecule has 0 atom stereocenters. The van der Waals surface area contributed by atoms with Gasteiger partial charge in [0.15, 0.2) is 0 Å². The maximum absolute atomic E-state index is 14.8. The molecule has 0 aliphatic heterocycles. The molecule has 0 saturated carbocycles. The molecule has 170 valence electrons. The summed E-state index contributed by atoms with van der Waals surface area (Å²) in [7, 11) is 1.24. The number of aromatic nitrogens is 4. The number of fused-ring (bicyclic) bond motifs is 2. The molecular formula is C24H17F2N5O3. The second-order valence-electron chi connectivity index (χ2n) is 7.59. The number of carbonyl (C=O) groups excluding carboxylic acids is 1. The monoisotopic (exact) mass is 461 g/mol. The van der Waals surface area contributed by atoms with Crippen LogP contribution < -0.4 is 10.9 Å². The Labute approximate surface area is 190 Å². The molecule has 2 aromatic heterocycles. The van der Waals surface area contributed by atoms with E-state index >= 15 is 0 Å². The van der Waals surface area contributed by atoms with Crippen molar-refractivity contribution >= 4 is 33.8 Å². The molecule has 0 saturated heterocycles. The van der Waals surface area contributed by atoms with Crippen LogP contribution in [0.4, 0.5) is 19.5 Å². The van der Waals surface area contributed by atoms with Gasteiger partial charge in [-0.25, -0.2) is 23.7 Å². The molecule has 0 aliphatic carbocycles. The van der Waals surface area contributed by atoms with Crippen LogP contribution in [0.1, 0.15) is 11.3 Å². The lowest BCUT2D eigenvalue weighted by molar-refractivity contribution is 0.186. The number of hydrogen-bond acceptors (Lipinski definition) is 5. The van der Waals surface area contributed by atoms with E-state index in [0.29, 0.717) is 33.4 Å². The van der Waals surface area contributed by atoms with Gasteiger partial charge in [0.2, 0.25) is 5.95 Å². The number of H-pyrrole nitrogens is 2. The maximum Gasteiger partial charge on any atom is 0.413 e. The predicted molar refractivity (Wildman–Crippen MR) is 123 cm³/mol. The number of benzene rings is 3. The van der Waals surface area contributed by atoms with Gasteiger partial charge in [-0.05, 0) is 47.5 Å². The second kappa shape index (κ2) is 8.39. The van der Waals surface area contributed by atoms with Crippen LogP contribution in [-0.4, -0.2) is 33.4 Å². The zero-order chi connectivity index (χ0) is 23.8. The van der Waals surface area contributed by atoms with Crippen LogP contribution in [0.15, 0.2) is 59.4 Å². The van der Waals surface area contributed by atoms with Gasteiger partial charge < -0.3 is 9.72 Å². The lowest BCUT2D eigenvalue weighted by atomic mass is 9.98. The Bertz CT molecular complexity index is 1630. The van der Waals surface area contributed by atoms with Crippen molar-refractivity contribution in [1.82, 2.24) is 20.2 Å². The lowest BCUT2D eigenvalue weighted by Gasteiger charge is -2.09. The van der Waals surface area contributed by atoms with Gasteiger partial charge in [0.05, 0.1) is 29.2 Å². The van der Waals surface area contributed by atoms with E-state index in [9.17, 15) is 18.4 Å². The standard InChI is InChI=1S/C24H17F2N5O3/c1-34-24(33)29-23-27-18-8-6-13(11-19(18)28-23)15-9-12(5-7-16(15)25)10-20-21-14(22(32)31-30-20)3-2-4-17(21)26/h2-9,11H,10H2,1H3,(H,31,32)(H2,27,28,29,33). The van der Waals surface area contributed by atoms with E-state index in [1.165, 1.54) is 31.4 Å². The molecule has 3 N–H and O–H groups in total. The molecular weight excluding hydrogens is 444 g/mol. The third kappa shape index (κ3) is 3.85. The summed E-state index contributed by atoms with van der Waals surface area (Å²) in [5, 5.41) is 9.21. The molecule has 0 radical (unpaired) electrons. The lowest BCUT2D eigenvalue weighted by Crippen LogP contribution is -2.12. The van der Waals surface area contributed by atoms with Crippen LogP contribution in [0.2, 0.25) is 0 Å². The first-order valence-electron chi connectivity index (χ1n) is 10.2. The fourth-order valence-electron chi connectivity index (χ4n) is 3.85. The van der Waals surface area contributed by atoms with Crippen LogP contribution in [-0.2, 0) is 11.2 Å². The highest BCUT2D eigenvalue weighted by Gasteiger charge is 2.14. The minimum atomic E-state index is -0.669. The number of ether oxygens (including phenoxy) is 1. The van der Waals surface area contributed by atoms with Gasteiger partial charge in [0.1, 0.15) is 11.6 Å². The minimum absolute atomic E-state index is 0.140. The van der Waals surface area contributed by atoms with Crippen molar-refractivity contribution in [1.29, 1.82) is 0 Å². The van der Waals surface area contributed by atoms with Gasteiger partial charge in [0.25, 0.3) is 5.56 Å². The Hall–Kier alpha value is -4.60. The summed E-state index contributed by atoms with van der Waals surface area (Å²) in [4.78, 5) is 30.6. The van der Waals surface area contributed by atoms with E-state index in [1.54, 1.807) is 30.3 Å². The largest absolute Gasteiger partial charge is 0.453 e. The van der Waals surface area contributed by atoms with Crippen LogP contribution in [0, 0.1) is 11.6 Å². The van der Waals surface area contributed by atoms with Crippen molar-refractivity contribution in [2.45, 2.75) is 6.42 Å². The zero-order valence-corrected chi connectivity index (χ0v) is 17.8. The molecule has 3 aromatic carbocycles. The van der Waals surface area contributed by atoms with Gasteiger partial charge in [-0.3, -0.25) is 10.1 Å². The average Bonchev–Trinajstić information content (AvgIpc) is 3.23. The smallest absolute Gasteiger partial charge is 0.413 e. The molecule has 5 aromatic rings. The molecule has 0 spiro atoms. The number of amides is 1. The van der Waals surface area contributed by atoms with Gasteiger partial charge in [-0.15, -0.1) is 0 Å². The summed E-state index contributed by atoms with van der Waals surface area (Å²) in [5.74, 6) is -0.790. The number of carbonyl (C=O) groups is 1. The van der Waals surface area contributed by atoms with Crippen molar-refractivity contribution < 1.29 is 18.3 Å². The number of nitrogens with one attached hydrogen (secondary N) is 3. The number of imidazole rings is 1. The summed E-state index contributed by atoms with van der Waals surface area (Å²) >= 11 is 0. The maximum atomic E-state index is 14.8. The van der Waals surface area contributed by atoms with Gasteiger partial charge in [-0.2, -0.15) is 5.10 Å². The third-order valence-corrected chi connectivity index (χ3v) is 5.44. The van der Waals surface area contributed by atoms with E-state index in [2.05, 4.69) is 30.2 Å². The Morgan fingerprint density at radius 3 is 2.76 bits per heavy atom. The first-order chi connectivity index (χ1) is 16.4. The van der Waals surface area contributed by atoms with E-state index in [4.69, 9.17) is 0 Å². The van der Waals surface area contributed by atoms with Crippen LogP contribution in [0.25, 0.3) is 32.9 Å². The molecule has 0 unspecified atom stereocenters. The van der Waals surface area contributed by atoms with Crippen molar-refractivity contribution in [2.24, 2.45) is 0 Å². The van der Waals surface area contributed by atoms with Gasteiger partial charge >= 0.3 is 6.09 Å². The Morgan fingerprint density at radius 2 is 1.94 bits per heavy atom. The predicted octanol–water partition coefficient (Wildman–Crippen LogP) is 4.51. The number of nitrogens with zero attached hydrogens (tertiary/aromatic N) is 2. The first-order valence-corrected chi connectivity index (χ1v) is 10.2. The summed E-state index contributed by atoms with van der Waals surface area (Å²) in [6.45, 7) is 0. The normalized spacial score (nSPS) is 11.1. The molecule has 0 bridgehead atoms. The highest BCUT2D eigenvalue weighted by atomic mass is 19.1. The van der Waals surface area contributed by atoms with Crippen molar-refractivity contribution in [3.05, 3.63) is 87.8 Å². The summed E-state index contributed by atoms with van der Waals surface area (Å²) in [5.41, 5.74) is 2.60. The number of aromatic amines is 2. The van der Waals surface area contributed by atoms with E-state index in [0.717, 1.165) is 0 Å². The first kappa shape index (κ1) is 21.3. The Kier molecular flexibility index (Phi) is 5.25. The molecule has 0 fully saturated rings. The van der Waals surface area contributed by atoms with E-state index < -0.39 is 23.3 Å². The molecule has 2 heterocycles. The molecule has 10 heteroatoms. The second-order valence-corrected chi connectivity index (χ2v) is 7.59. The number of rotatable bonds is 4. The zero-order valence-electron chi connectivity index (χ0n) is 17.8. The Morgan fingerprint density at radius 1 is 1.09 bits per heavy atom. The van der Waals surface area contributed by atoms with Crippen LogP contribution >= 0.6 is 0 Å². The molecule has 0 aliphatic rings. The average molecular weight is 461 g/mol. The molecule has 34 heavy (non-hydrogen) atoms. The number of halogens is 2. The van der Waals surface area contributed by atoms with Gasteiger partial charge in [-0.1, -0.05) is 18.2 Å². The SMILES string of the molecule is COC(=O)Nc1nc2ccc(-c3cc(Cc4n[nH]c(=O)c5cccc(F)c45)ccc3F)cc2[nH]1. The van der Waals surface area contributed by atoms with Gasteiger partial charge in [0, 0.05) is 17.4 Å².